The quantitative estimate of drug-likeness (QED) is 0.720. The summed E-state index contributed by atoms with van der Waals surface area (Å²) in [5.41, 5.74) is 4.00. The van der Waals surface area contributed by atoms with Crippen molar-refractivity contribution in [2.45, 2.75) is 19.0 Å². The third-order valence-electron chi connectivity index (χ3n) is 5.68. The van der Waals surface area contributed by atoms with Gasteiger partial charge in [0.05, 0.1) is 12.6 Å². The van der Waals surface area contributed by atoms with Crippen LogP contribution in [0, 0.1) is 0 Å². The van der Waals surface area contributed by atoms with Crippen LogP contribution in [0.5, 0.6) is 17.2 Å². The second kappa shape index (κ2) is 7.26. The molecule has 5 rings (SSSR count). The maximum absolute atomic E-state index is 12.9. The van der Waals surface area contributed by atoms with Gasteiger partial charge in [0, 0.05) is 29.8 Å². The van der Waals surface area contributed by atoms with E-state index in [2.05, 4.69) is 10.2 Å². The summed E-state index contributed by atoms with van der Waals surface area (Å²) in [5, 5.41) is 13.3. The molecule has 146 valence electrons. The monoisotopic (exact) mass is 386 g/mol. The van der Waals surface area contributed by atoms with E-state index < -0.39 is 0 Å². The van der Waals surface area contributed by atoms with Gasteiger partial charge in [0.25, 0.3) is 0 Å². The Morgan fingerprint density at radius 1 is 1.00 bits per heavy atom. The van der Waals surface area contributed by atoms with E-state index in [0.29, 0.717) is 12.3 Å². The van der Waals surface area contributed by atoms with Crippen LogP contribution in [0.4, 0.5) is 0 Å². The lowest BCUT2D eigenvalue weighted by molar-refractivity contribution is -0.123. The Morgan fingerprint density at radius 2 is 1.69 bits per heavy atom. The van der Waals surface area contributed by atoms with Crippen molar-refractivity contribution in [1.29, 1.82) is 0 Å². The second-order valence-electron chi connectivity index (χ2n) is 7.55. The minimum absolute atomic E-state index is 0.0413. The summed E-state index contributed by atoms with van der Waals surface area (Å²) in [6.07, 6.45) is 0.833. The molecule has 3 aromatic rings. The third kappa shape index (κ3) is 3.34. The third-order valence-corrected chi connectivity index (χ3v) is 5.68. The van der Waals surface area contributed by atoms with E-state index in [1.165, 1.54) is 0 Å². The Hall–Kier alpha value is -3.31. The Bertz CT molecular complexity index is 1030. The molecule has 1 amide bonds. The molecule has 0 spiro atoms. The summed E-state index contributed by atoms with van der Waals surface area (Å²) in [5.74, 6) is 1.81. The minimum Gasteiger partial charge on any atom is -0.508 e. The van der Waals surface area contributed by atoms with Crippen molar-refractivity contribution in [3.63, 3.8) is 0 Å². The number of nitrogens with one attached hydrogen (secondary N) is 1. The number of carbonyl (C=O) groups is 1. The number of rotatable bonds is 3. The molecule has 29 heavy (non-hydrogen) atoms. The van der Waals surface area contributed by atoms with Crippen LogP contribution in [0.1, 0.15) is 28.3 Å². The normalized spacial score (nSPS) is 15.6. The molecule has 5 nitrogen and oxygen atoms in total. The molecule has 0 unspecified atom stereocenters. The van der Waals surface area contributed by atoms with Gasteiger partial charge in [-0.1, -0.05) is 48.5 Å². The lowest BCUT2D eigenvalue weighted by atomic mass is 9.94. The summed E-state index contributed by atoms with van der Waals surface area (Å²) < 4.78 is 6.00. The fourth-order valence-corrected chi connectivity index (χ4v) is 4.23. The van der Waals surface area contributed by atoms with E-state index in [9.17, 15) is 9.90 Å². The van der Waals surface area contributed by atoms with Crippen LogP contribution in [0.3, 0.4) is 0 Å². The highest BCUT2D eigenvalue weighted by Crippen LogP contribution is 2.42. The first-order valence-electron chi connectivity index (χ1n) is 9.86. The molecule has 5 heteroatoms. The largest absolute Gasteiger partial charge is 0.508 e. The summed E-state index contributed by atoms with van der Waals surface area (Å²) in [7, 11) is 0. The van der Waals surface area contributed by atoms with Crippen molar-refractivity contribution < 1.29 is 14.6 Å². The maximum atomic E-state index is 12.9. The van der Waals surface area contributed by atoms with Crippen molar-refractivity contribution in [2.75, 3.05) is 13.1 Å². The summed E-state index contributed by atoms with van der Waals surface area (Å²) in [6.45, 7) is 1.66. The molecule has 2 heterocycles. The molecule has 3 aromatic carbocycles. The number of fused-ring (bicyclic) bond motifs is 3. The number of hydrogen-bond acceptors (Lipinski definition) is 4. The highest BCUT2D eigenvalue weighted by molar-refractivity contribution is 5.79. The van der Waals surface area contributed by atoms with Crippen molar-refractivity contribution in [2.24, 2.45) is 0 Å². The van der Waals surface area contributed by atoms with Crippen LogP contribution < -0.4 is 10.1 Å². The lowest BCUT2D eigenvalue weighted by Crippen LogP contribution is -2.41. The molecular weight excluding hydrogens is 364 g/mol. The van der Waals surface area contributed by atoms with Gasteiger partial charge in [0.2, 0.25) is 5.91 Å². The molecule has 0 radical (unpaired) electrons. The fourth-order valence-electron chi connectivity index (χ4n) is 4.23. The molecular formula is C24H22N2O3. The van der Waals surface area contributed by atoms with Crippen molar-refractivity contribution in [1.82, 2.24) is 10.2 Å². The van der Waals surface area contributed by atoms with E-state index in [-0.39, 0.29) is 18.5 Å². The average Bonchev–Trinajstić information content (AvgIpc) is 2.74. The van der Waals surface area contributed by atoms with E-state index in [1.807, 2.05) is 60.7 Å². The highest BCUT2D eigenvalue weighted by Gasteiger charge is 2.29. The van der Waals surface area contributed by atoms with E-state index in [4.69, 9.17) is 4.74 Å². The zero-order chi connectivity index (χ0) is 19.8. The predicted molar refractivity (Wildman–Crippen MR) is 110 cm³/mol. The zero-order valence-corrected chi connectivity index (χ0v) is 16.0. The van der Waals surface area contributed by atoms with Gasteiger partial charge in [0.1, 0.15) is 17.2 Å². The van der Waals surface area contributed by atoms with E-state index >= 15 is 0 Å². The second-order valence-corrected chi connectivity index (χ2v) is 7.55. The lowest BCUT2D eigenvalue weighted by Gasteiger charge is -2.31. The standard InChI is InChI=1S/C24H22N2O3/c27-20-9-5-6-16-12-13-26(14-19(16)20)15-23(28)25-24-17-7-1-3-10-21(17)29-22-11-4-2-8-18(22)24/h1-11,24,27H,12-15H2,(H,25,28). The number of phenols is 1. The van der Waals surface area contributed by atoms with Crippen LogP contribution in [0.15, 0.2) is 66.7 Å². The Kier molecular flexibility index (Phi) is 4.45. The van der Waals surface area contributed by atoms with Crippen LogP contribution in [0.2, 0.25) is 0 Å². The SMILES string of the molecule is O=C(CN1CCc2cccc(O)c2C1)NC1c2ccccc2Oc2ccccc21. The number of amides is 1. The predicted octanol–water partition coefficient (Wildman–Crippen LogP) is 3.76. The Morgan fingerprint density at radius 3 is 2.41 bits per heavy atom. The van der Waals surface area contributed by atoms with Crippen LogP contribution >= 0.6 is 0 Å². The van der Waals surface area contributed by atoms with Gasteiger partial charge in [-0.05, 0) is 30.2 Å². The molecule has 0 saturated heterocycles. The molecule has 0 atom stereocenters. The number of ether oxygens (including phenoxy) is 1. The Balaban J connectivity index is 1.35. The molecule has 0 aromatic heterocycles. The maximum Gasteiger partial charge on any atom is 0.234 e. The van der Waals surface area contributed by atoms with Crippen molar-refractivity contribution in [3.8, 4) is 17.2 Å². The first-order chi connectivity index (χ1) is 14.2. The van der Waals surface area contributed by atoms with E-state index in [1.54, 1.807) is 6.07 Å². The molecule has 0 bridgehead atoms. The highest BCUT2D eigenvalue weighted by atomic mass is 16.5. The van der Waals surface area contributed by atoms with Crippen molar-refractivity contribution in [3.05, 3.63) is 89.0 Å². The zero-order valence-electron chi connectivity index (χ0n) is 16.0. The van der Waals surface area contributed by atoms with Gasteiger partial charge >= 0.3 is 0 Å². The number of benzene rings is 3. The summed E-state index contributed by atoms with van der Waals surface area (Å²) in [4.78, 5) is 15.0. The van der Waals surface area contributed by atoms with Crippen LogP contribution in [0.25, 0.3) is 0 Å². The van der Waals surface area contributed by atoms with Gasteiger partial charge in [0.15, 0.2) is 0 Å². The number of carbonyl (C=O) groups excluding carboxylic acids is 1. The van der Waals surface area contributed by atoms with Gasteiger partial charge in [-0.15, -0.1) is 0 Å². The topological polar surface area (TPSA) is 61.8 Å². The number of aromatic hydroxyl groups is 1. The first kappa shape index (κ1) is 17.8. The molecule has 0 fully saturated rings. The van der Waals surface area contributed by atoms with E-state index in [0.717, 1.165) is 46.7 Å². The number of hydrogen-bond donors (Lipinski definition) is 2. The molecule has 0 aliphatic carbocycles. The number of nitrogens with zero attached hydrogens (tertiary/aromatic N) is 1. The minimum atomic E-state index is -0.242. The Labute approximate surface area is 169 Å². The number of para-hydroxylation sites is 2. The summed E-state index contributed by atoms with van der Waals surface area (Å²) in [6, 6.07) is 21.0. The molecule has 2 aliphatic heterocycles. The van der Waals surface area contributed by atoms with Gasteiger partial charge < -0.3 is 15.2 Å². The van der Waals surface area contributed by atoms with Gasteiger partial charge in [-0.3, -0.25) is 9.69 Å². The van der Waals surface area contributed by atoms with Gasteiger partial charge in [-0.2, -0.15) is 0 Å². The van der Waals surface area contributed by atoms with Crippen molar-refractivity contribution >= 4 is 5.91 Å². The molecule has 2 aliphatic rings. The summed E-state index contributed by atoms with van der Waals surface area (Å²) >= 11 is 0. The molecule has 0 saturated carbocycles. The molecule has 2 N–H and O–H groups in total. The fraction of sp³-hybridized carbons (Fsp3) is 0.208. The van der Waals surface area contributed by atoms with Crippen LogP contribution in [-0.2, 0) is 17.8 Å². The van der Waals surface area contributed by atoms with Gasteiger partial charge in [-0.25, -0.2) is 0 Å². The number of phenolic OH excluding ortho intramolecular Hbond substituents is 1. The van der Waals surface area contributed by atoms with Crippen LogP contribution in [-0.4, -0.2) is 29.0 Å². The first-order valence-corrected chi connectivity index (χ1v) is 9.86. The smallest absolute Gasteiger partial charge is 0.234 e. The average molecular weight is 386 g/mol.